The molecule has 4 unspecified atom stereocenters. The standard InChI is InChI=1S/C41H54O21P4/c1-3-5-7-9-11-13-15-17-19-21-23-25-27-29-36(43)59-33(30-57-35(42)28-26-24-22-20-18-16-14-12-10-8-6-4-2)31-58-66(55,56)62-41-37(44)39(60-64(49,50)51)34(32-63(46,47)48)40(38(41)45)61-65(52,53)54/h2,33-34,37-41,44-45H,3,5,7,9,11,13,15,17,19,21,23,25,27,29-32H2,1H3,(H,55,56)(H2,46,47,48)(H2,49,50,51)(H2,52,53,54)/t33-,34-,37+,38?,39?,40-,41?/m1/s1. The smallest absolute Gasteiger partial charge is 0.456 e. The molecule has 0 aromatic heterocycles. The van der Waals surface area contributed by atoms with Crippen LogP contribution in [0.5, 0.6) is 0 Å². The predicted octanol–water partition coefficient (Wildman–Crippen LogP) is 2.56. The van der Waals surface area contributed by atoms with Crippen LogP contribution in [-0.2, 0) is 55.4 Å². The number of hydrogen-bond acceptors (Lipinski definition) is 14. The minimum Gasteiger partial charge on any atom is -0.456 e. The first-order chi connectivity index (χ1) is 31.0. The van der Waals surface area contributed by atoms with Gasteiger partial charge in [-0.1, -0.05) is 84.0 Å². The SMILES string of the molecule is C#CC#CC#CC#CC#CC#CC#CC(=O)OC[C@H](COP(=O)(O)OC1C(O)[C@H](OP(=O)(O)O)[C@H](CP(=O)(O)O)C(OP(=O)(O)O)[C@@H]1O)OC(=O)CCCCCCCCCCCCCCC. The Labute approximate surface area is 384 Å². The topological polar surface area (TPSA) is 340 Å². The van der Waals surface area contributed by atoms with Crippen LogP contribution in [-0.4, -0.2) is 112 Å². The highest BCUT2D eigenvalue weighted by Crippen LogP contribution is 2.54. The Morgan fingerprint density at radius 2 is 1.00 bits per heavy atom. The summed E-state index contributed by atoms with van der Waals surface area (Å²) in [7, 11) is -22.5. The highest BCUT2D eigenvalue weighted by atomic mass is 31.2. The molecule has 0 radical (unpaired) electrons. The minimum atomic E-state index is -5.74. The molecule has 0 aliphatic heterocycles. The Bertz CT molecular complexity index is 2170. The number of aliphatic hydroxyl groups is 2. The number of carbonyl (C=O) groups is 2. The summed E-state index contributed by atoms with van der Waals surface area (Å²) < 4.78 is 77.5. The lowest BCUT2D eigenvalue weighted by molar-refractivity contribution is -0.190. The summed E-state index contributed by atoms with van der Waals surface area (Å²) in [5, 5.41) is 21.9. The van der Waals surface area contributed by atoms with Crippen molar-refractivity contribution >= 4 is 43.0 Å². The van der Waals surface area contributed by atoms with Crippen molar-refractivity contribution in [3.05, 3.63) is 0 Å². The molecule has 9 N–H and O–H groups in total. The average molecular weight is 1010 g/mol. The first-order valence-corrected chi connectivity index (χ1v) is 26.7. The van der Waals surface area contributed by atoms with Crippen molar-refractivity contribution in [1.29, 1.82) is 0 Å². The lowest BCUT2D eigenvalue weighted by atomic mass is 9.79. The number of phosphoric ester groups is 3. The van der Waals surface area contributed by atoms with E-state index in [4.69, 9.17) is 24.9 Å². The van der Waals surface area contributed by atoms with E-state index in [1.807, 2.05) is 5.92 Å². The zero-order chi connectivity index (χ0) is 49.7. The van der Waals surface area contributed by atoms with Gasteiger partial charge < -0.3 is 53.9 Å². The van der Waals surface area contributed by atoms with Gasteiger partial charge in [0.05, 0.1) is 12.8 Å². The van der Waals surface area contributed by atoms with Crippen molar-refractivity contribution in [2.24, 2.45) is 5.92 Å². The van der Waals surface area contributed by atoms with Crippen molar-refractivity contribution < 1.29 is 99.9 Å². The van der Waals surface area contributed by atoms with E-state index in [2.05, 4.69) is 87.0 Å². The molecule has 25 heteroatoms. The van der Waals surface area contributed by atoms with E-state index < -0.39 is 105 Å². The van der Waals surface area contributed by atoms with Crippen molar-refractivity contribution in [1.82, 2.24) is 0 Å². The molecule has 0 amide bonds. The Hall–Kier alpha value is -3.74. The van der Waals surface area contributed by atoms with Crippen LogP contribution in [0.25, 0.3) is 0 Å². The summed E-state index contributed by atoms with van der Waals surface area (Å²) in [6.45, 7) is 0.219. The molecule has 1 rings (SSSR count). The number of terminal acetylenes is 1. The van der Waals surface area contributed by atoms with Crippen LogP contribution in [0.1, 0.15) is 96.8 Å². The summed E-state index contributed by atoms with van der Waals surface area (Å²) in [5.41, 5.74) is 0. The van der Waals surface area contributed by atoms with Crippen molar-refractivity contribution in [3.63, 3.8) is 0 Å². The number of esters is 2. The maximum absolute atomic E-state index is 13.2. The van der Waals surface area contributed by atoms with Crippen LogP contribution in [0.15, 0.2) is 0 Å². The molecule has 0 bridgehead atoms. The first-order valence-electron chi connectivity index (χ1n) is 20.4. The molecule has 8 atom stereocenters. The highest BCUT2D eigenvalue weighted by Gasteiger charge is 2.58. The molecule has 0 saturated heterocycles. The maximum atomic E-state index is 13.2. The number of rotatable bonds is 28. The Balaban J connectivity index is 3.12. The quantitative estimate of drug-likeness (QED) is 0.0179. The first kappa shape index (κ1) is 60.3. The molecule has 1 aliphatic rings. The summed E-state index contributed by atoms with van der Waals surface area (Å²) in [6, 6.07) is 0. The molecule has 0 aromatic rings. The van der Waals surface area contributed by atoms with Gasteiger partial charge in [-0.3, -0.25) is 27.5 Å². The lowest BCUT2D eigenvalue weighted by Gasteiger charge is -2.46. The molecule has 1 aliphatic carbocycles. The van der Waals surface area contributed by atoms with Crippen LogP contribution in [0.4, 0.5) is 0 Å². The van der Waals surface area contributed by atoms with E-state index in [0.717, 1.165) is 32.1 Å². The van der Waals surface area contributed by atoms with Crippen molar-refractivity contribution in [2.75, 3.05) is 19.4 Å². The second-order valence-corrected chi connectivity index (χ2v) is 19.8. The van der Waals surface area contributed by atoms with Gasteiger partial charge in [0.1, 0.15) is 37.1 Å². The van der Waals surface area contributed by atoms with Gasteiger partial charge in [0.2, 0.25) is 0 Å². The van der Waals surface area contributed by atoms with Gasteiger partial charge in [-0.05, 0) is 77.5 Å². The highest BCUT2D eigenvalue weighted by molar-refractivity contribution is 7.51. The third-order valence-corrected chi connectivity index (χ3v) is 11.8. The zero-order valence-corrected chi connectivity index (χ0v) is 39.4. The van der Waals surface area contributed by atoms with Gasteiger partial charge in [-0.2, -0.15) is 0 Å². The van der Waals surface area contributed by atoms with E-state index >= 15 is 0 Å². The summed E-state index contributed by atoms with van der Waals surface area (Å²) >= 11 is 0. The Morgan fingerprint density at radius 1 is 0.576 bits per heavy atom. The van der Waals surface area contributed by atoms with Gasteiger partial charge in [0.25, 0.3) is 0 Å². The molecule has 0 spiro atoms. The molecule has 66 heavy (non-hydrogen) atoms. The van der Waals surface area contributed by atoms with Crippen LogP contribution >= 0.6 is 31.1 Å². The summed E-state index contributed by atoms with van der Waals surface area (Å²) in [4.78, 5) is 92.7. The number of unbranched alkanes of at least 4 members (excludes halogenated alkanes) is 12. The molecule has 0 heterocycles. The number of hydrogen-bond donors (Lipinski definition) is 9. The van der Waals surface area contributed by atoms with Crippen LogP contribution in [0.2, 0.25) is 0 Å². The van der Waals surface area contributed by atoms with Crippen LogP contribution < -0.4 is 0 Å². The van der Waals surface area contributed by atoms with E-state index in [1.165, 1.54) is 38.5 Å². The molecular weight excluding hydrogens is 952 g/mol. The Kier molecular flexibility index (Phi) is 29.3. The fourth-order valence-electron chi connectivity index (χ4n) is 6.09. The van der Waals surface area contributed by atoms with Gasteiger partial charge in [-0.15, -0.1) is 6.42 Å². The van der Waals surface area contributed by atoms with Crippen molar-refractivity contribution in [3.8, 4) is 83.4 Å². The van der Waals surface area contributed by atoms with Gasteiger partial charge in [0.15, 0.2) is 6.10 Å². The fourth-order valence-corrected chi connectivity index (χ4v) is 9.22. The van der Waals surface area contributed by atoms with Gasteiger partial charge >= 0.3 is 43.0 Å². The van der Waals surface area contributed by atoms with Crippen LogP contribution in [0.3, 0.4) is 0 Å². The maximum Gasteiger partial charge on any atom is 0.472 e. The summed E-state index contributed by atoms with van der Waals surface area (Å²) in [5.74, 6) is 25.1. The average Bonchev–Trinajstić information content (AvgIpc) is 3.21. The molecule has 21 nitrogen and oxygen atoms in total. The zero-order valence-electron chi connectivity index (χ0n) is 35.9. The number of aliphatic hydroxyl groups excluding tert-OH is 2. The molecular formula is C41H54O21P4. The lowest BCUT2D eigenvalue weighted by Crippen LogP contribution is -2.63. The third-order valence-electron chi connectivity index (χ3n) is 8.88. The predicted molar refractivity (Wildman–Crippen MR) is 234 cm³/mol. The fraction of sp³-hybridized carbons (Fsp3) is 0.610. The van der Waals surface area contributed by atoms with Gasteiger partial charge in [0, 0.05) is 18.3 Å². The minimum absolute atomic E-state index is 0.124. The largest absolute Gasteiger partial charge is 0.472 e. The molecule has 1 saturated carbocycles. The van der Waals surface area contributed by atoms with E-state index in [1.54, 1.807) is 0 Å². The monoisotopic (exact) mass is 1010 g/mol. The normalized spacial score (nSPS) is 20.3. The number of phosphoric acid groups is 3. The van der Waals surface area contributed by atoms with Crippen LogP contribution in [0, 0.1) is 89.3 Å². The van der Waals surface area contributed by atoms with E-state index in [0.29, 0.717) is 12.8 Å². The third kappa shape index (κ3) is 29.8. The number of ether oxygens (including phenoxy) is 2. The molecule has 1 fully saturated rings. The second-order valence-electron chi connectivity index (χ2n) is 14.3. The number of carbonyl (C=O) groups excluding carboxylic acids is 2. The van der Waals surface area contributed by atoms with Crippen molar-refractivity contribution in [2.45, 2.75) is 133 Å². The van der Waals surface area contributed by atoms with E-state index in [9.17, 15) is 72.3 Å². The Morgan fingerprint density at radius 3 is 1.42 bits per heavy atom. The molecule has 0 aromatic carbocycles. The van der Waals surface area contributed by atoms with Gasteiger partial charge in [-0.25, -0.2) is 18.5 Å². The summed E-state index contributed by atoms with van der Waals surface area (Å²) in [6.07, 6.45) is 2.00. The van der Waals surface area contributed by atoms with E-state index in [-0.39, 0.29) is 6.42 Å². The molecule has 364 valence electrons. The second kappa shape index (κ2) is 32.1.